The Hall–Kier alpha value is -2.04. The molecule has 0 spiro atoms. The van der Waals surface area contributed by atoms with E-state index >= 15 is 0 Å². The van der Waals surface area contributed by atoms with Crippen molar-refractivity contribution in [2.24, 2.45) is 0 Å². The third-order valence-electron chi connectivity index (χ3n) is 2.88. The second-order valence-corrected chi connectivity index (χ2v) is 5.70. The fraction of sp³-hybridized carbons (Fsp3) is 0.467. The molecule has 1 aromatic carbocycles. The van der Waals surface area contributed by atoms with Gasteiger partial charge in [-0.05, 0) is 45.4 Å². The second kappa shape index (κ2) is 5.94. The van der Waals surface area contributed by atoms with E-state index in [2.05, 4.69) is 0 Å². The predicted molar refractivity (Wildman–Crippen MR) is 75.8 cm³/mol. The third kappa shape index (κ3) is 4.26. The minimum Gasteiger partial charge on any atom is -0.478 e. The van der Waals surface area contributed by atoms with Gasteiger partial charge in [-0.3, -0.25) is 0 Å². The zero-order chi connectivity index (χ0) is 15.5. The Morgan fingerprint density at radius 2 is 1.90 bits per heavy atom. The number of ether oxygens (including phenoxy) is 1. The van der Waals surface area contributed by atoms with Gasteiger partial charge in [0.05, 0.1) is 11.6 Å². The first-order chi connectivity index (χ1) is 9.11. The lowest BCUT2D eigenvalue weighted by Gasteiger charge is -2.29. The molecule has 0 heterocycles. The van der Waals surface area contributed by atoms with Crippen molar-refractivity contribution in [3.8, 4) is 0 Å². The lowest BCUT2D eigenvalue weighted by molar-refractivity contribution is 0.0234. The molecule has 0 saturated carbocycles. The normalized spacial score (nSPS) is 12.7. The molecule has 5 heteroatoms. The molecule has 0 unspecified atom stereocenters. The highest BCUT2D eigenvalue weighted by molar-refractivity contribution is 5.87. The van der Waals surface area contributed by atoms with E-state index in [9.17, 15) is 9.59 Å². The average Bonchev–Trinajstić information content (AvgIpc) is 2.35. The molecule has 110 valence electrons. The molecular formula is C15H21NO4. The standard InChI is InChI=1S/C15H21NO4/c1-10(16(5)14(19)20-15(2,3)4)11-7-6-8-12(9-11)13(17)18/h6-10H,1-5H3,(H,17,18)/t10-/m1/s1. The van der Waals surface area contributed by atoms with Crippen molar-refractivity contribution in [3.05, 3.63) is 35.4 Å². The number of aromatic carboxylic acids is 1. The number of amides is 1. The highest BCUT2D eigenvalue weighted by atomic mass is 16.6. The SMILES string of the molecule is C[C@H](c1cccc(C(=O)O)c1)N(C)C(=O)OC(C)(C)C. The smallest absolute Gasteiger partial charge is 0.410 e. The topological polar surface area (TPSA) is 66.8 Å². The number of carboxylic acids is 1. The van der Waals surface area contributed by atoms with E-state index in [1.165, 1.54) is 11.0 Å². The maximum Gasteiger partial charge on any atom is 0.410 e. The largest absolute Gasteiger partial charge is 0.478 e. The fourth-order valence-corrected chi connectivity index (χ4v) is 1.65. The van der Waals surface area contributed by atoms with Crippen molar-refractivity contribution in [3.63, 3.8) is 0 Å². The lowest BCUT2D eigenvalue weighted by Crippen LogP contribution is -2.35. The molecule has 1 rings (SSSR count). The van der Waals surface area contributed by atoms with Gasteiger partial charge in [0.15, 0.2) is 0 Å². The minimum atomic E-state index is -0.987. The number of benzene rings is 1. The third-order valence-corrected chi connectivity index (χ3v) is 2.88. The van der Waals surface area contributed by atoms with Crippen LogP contribution in [-0.4, -0.2) is 34.7 Å². The van der Waals surface area contributed by atoms with E-state index < -0.39 is 17.7 Å². The van der Waals surface area contributed by atoms with Crippen LogP contribution in [0, 0.1) is 0 Å². The molecule has 0 aliphatic carbocycles. The van der Waals surface area contributed by atoms with Crippen LogP contribution in [-0.2, 0) is 4.74 Å². The minimum absolute atomic E-state index is 0.201. The number of rotatable bonds is 3. The molecule has 0 aromatic heterocycles. The number of hydrogen-bond donors (Lipinski definition) is 1. The van der Waals surface area contributed by atoms with Crippen LogP contribution in [0.2, 0.25) is 0 Å². The molecule has 20 heavy (non-hydrogen) atoms. The van der Waals surface area contributed by atoms with Crippen molar-refractivity contribution >= 4 is 12.1 Å². The van der Waals surface area contributed by atoms with Crippen LogP contribution in [0.1, 0.15) is 49.7 Å². The number of nitrogens with zero attached hydrogens (tertiary/aromatic N) is 1. The predicted octanol–water partition coefficient (Wildman–Crippen LogP) is 3.31. The molecule has 5 nitrogen and oxygen atoms in total. The van der Waals surface area contributed by atoms with Gasteiger partial charge < -0.3 is 14.7 Å². The Labute approximate surface area is 119 Å². The molecule has 0 radical (unpaired) electrons. The van der Waals surface area contributed by atoms with Crippen LogP contribution in [0.3, 0.4) is 0 Å². The molecule has 0 saturated heterocycles. The van der Waals surface area contributed by atoms with E-state index in [0.717, 1.165) is 5.56 Å². The zero-order valence-electron chi connectivity index (χ0n) is 12.5. The van der Waals surface area contributed by atoms with Crippen molar-refractivity contribution < 1.29 is 19.4 Å². The Morgan fingerprint density at radius 1 is 1.30 bits per heavy atom. The molecule has 1 aromatic rings. The summed E-state index contributed by atoms with van der Waals surface area (Å²) in [6.45, 7) is 7.22. The van der Waals surface area contributed by atoms with Gasteiger partial charge in [-0.15, -0.1) is 0 Å². The van der Waals surface area contributed by atoms with E-state index in [-0.39, 0.29) is 11.6 Å². The molecule has 0 aliphatic heterocycles. The number of carbonyl (C=O) groups is 2. The Morgan fingerprint density at radius 3 is 2.40 bits per heavy atom. The van der Waals surface area contributed by atoms with Gasteiger partial charge in [0.25, 0.3) is 0 Å². The number of carbonyl (C=O) groups excluding carboxylic acids is 1. The first-order valence-electron chi connectivity index (χ1n) is 6.41. The van der Waals surface area contributed by atoms with Gasteiger partial charge in [0.1, 0.15) is 5.60 Å². The van der Waals surface area contributed by atoms with Gasteiger partial charge in [0, 0.05) is 7.05 Å². The van der Waals surface area contributed by atoms with Gasteiger partial charge in [0.2, 0.25) is 0 Å². The summed E-state index contributed by atoms with van der Waals surface area (Å²) in [7, 11) is 1.63. The van der Waals surface area contributed by atoms with Crippen molar-refractivity contribution in [1.29, 1.82) is 0 Å². The summed E-state index contributed by atoms with van der Waals surface area (Å²) in [4.78, 5) is 24.4. The highest BCUT2D eigenvalue weighted by Crippen LogP contribution is 2.22. The van der Waals surface area contributed by atoms with Gasteiger partial charge in [-0.25, -0.2) is 9.59 Å². The Kier molecular flexibility index (Phi) is 4.76. The molecule has 0 fully saturated rings. The molecule has 1 atom stereocenters. The Bertz CT molecular complexity index is 505. The van der Waals surface area contributed by atoms with Crippen molar-refractivity contribution in [2.75, 3.05) is 7.05 Å². The van der Waals surface area contributed by atoms with Crippen molar-refractivity contribution in [2.45, 2.75) is 39.3 Å². The average molecular weight is 279 g/mol. The summed E-state index contributed by atoms with van der Waals surface area (Å²) in [6, 6.07) is 6.26. The van der Waals surface area contributed by atoms with E-state index in [4.69, 9.17) is 9.84 Å². The highest BCUT2D eigenvalue weighted by Gasteiger charge is 2.24. The quantitative estimate of drug-likeness (QED) is 0.921. The lowest BCUT2D eigenvalue weighted by atomic mass is 10.0. The zero-order valence-corrected chi connectivity index (χ0v) is 12.5. The molecule has 0 aliphatic rings. The number of hydrogen-bond acceptors (Lipinski definition) is 3. The van der Waals surface area contributed by atoms with E-state index in [1.54, 1.807) is 46.0 Å². The maximum absolute atomic E-state index is 12.0. The van der Waals surface area contributed by atoms with Gasteiger partial charge >= 0.3 is 12.1 Å². The van der Waals surface area contributed by atoms with Crippen LogP contribution in [0.5, 0.6) is 0 Å². The van der Waals surface area contributed by atoms with Crippen LogP contribution in [0.25, 0.3) is 0 Å². The van der Waals surface area contributed by atoms with Crippen LogP contribution in [0.15, 0.2) is 24.3 Å². The van der Waals surface area contributed by atoms with Gasteiger partial charge in [-0.1, -0.05) is 12.1 Å². The summed E-state index contributed by atoms with van der Waals surface area (Å²) >= 11 is 0. The summed E-state index contributed by atoms with van der Waals surface area (Å²) in [6.07, 6.45) is -0.439. The summed E-state index contributed by atoms with van der Waals surface area (Å²) in [5.41, 5.74) is 0.388. The van der Waals surface area contributed by atoms with Crippen LogP contribution in [0.4, 0.5) is 4.79 Å². The first kappa shape index (κ1) is 16.0. The van der Waals surface area contributed by atoms with Crippen molar-refractivity contribution in [1.82, 2.24) is 4.90 Å². The first-order valence-corrected chi connectivity index (χ1v) is 6.41. The molecule has 0 bridgehead atoms. The molecular weight excluding hydrogens is 258 g/mol. The monoisotopic (exact) mass is 279 g/mol. The van der Waals surface area contributed by atoms with E-state index in [0.29, 0.717) is 0 Å². The fourth-order valence-electron chi connectivity index (χ4n) is 1.65. The summed E-state index contributed by atoms with van der Waals surface area (Å²) < 4.78 is 5.29. The molecule has 1 N–H and O–H groups in total. The summed E-state index contributed by atoms with van der Waals surface area (Å²) in [5, 5.41) is 8.99. The van der Waals surface area contributed by atoms with Crippen LogP contribution < -0.4 is 0 Å². The van der Waals surface area contributed by atoms with E-state index in [1.807, 2.05) is 6.92 Å². The number of carboxylic acid groups (broad SMARTS) is 1. The maximum atomic E-state index is 12.0. The Balaban J connectivity index is 2.88. The van der Waals surface area contributed by atoms with Gasteiger partial charge in [-0.2, -0.15) is 0 Å². The van der Waals surface area contributed by atoms with Crippen LogP contribution >= 0.6 is 0 Å². The summed E-state index contributed by atoms with van der Waals surface area (Å²) in [5.74, 6) is -0.987. The second-order valence-electron chi connectivity index (χ2n) is 5.70. The molecule has 1 amide bonds.